The Balaban J connectivity index is 3.11. The van der Waals surface area contributed by atoms with Gasteiger partial charge in [-0.15, -0.1) is 0 Å². The van der Waals surface area contributed by atoms with Crippen LogP contribution in [0.5, 0.6) is 5.75 Å². The van der Waals surface area contributed by atoms with E-state index in [9.17, 15) is 9.46 Å². The highest BCUT2D eigenvalue weighted by Crippen LogP contribution is 2.45. The second-order valence-corrected chi connectivity index (χ2v) is 4.68. The van der Waals surface area contributed by atoms with E-state index in [0.717, 1.165) is 7.11 Å². The fourth-order valence-corrected chi connectivity index (χ4v) is 1.87. The topological polar surface area (TPSA) is 88.4 Å². The van der Waals surface area contributed by atoms with Gasteiger partial charge in [0.2, 0.25) is 0 Å². The Morgan fingerprint density at radius 1 is 1.31 bits per heavy atom. The van der Waals surface area contributed by atoms with Crippen molar-refractivity contribution in [2.75, 3.05) is 14.2 Å². The largest absolute Gasteiger partial charge is 0.497 e. The van der Waals surface area contributed by atoms with Gasteiger partial charge in [-0.25, -0.2) is 0 Å². The monoisotopic (exact) mass is 245 g/mol. The van der Waals surface area contributed by atoms with Crippen LogP contribution in [0.4, 0.5) is 0 Å². The first-order valence-corrected chi connectivity index (χ1v) is 5.88. The molecule has 1 unspecified atom stereocenters. The maximum Gasteiger partial charge on any atom is 0.380 e. The molecule has 0 aromatic heterocycles. The van der Waals surface area contributed by atoms with Crippen molar-refractivity contribution in [3.63, 3.8) is 0 Å². The summed E-state index contributed by atoms with van der Waals surface area (Å²) in [7, 11) is -1.50. The molecule has 1 aromatic rings. The van der Waals surface area contributed by atoms with E-state index in [1.54, 1.807) is 12.1 Å². The first-order valence-electron chi connectivity index (χ1n) is 4.30. The number of ether oxygens (including phenoxy) is 1. The van der Waals surface area contributed by atoms with Gasteiger partial charge in [-0.05, 0) is 24.3 Å². The summed E-state index contributed by atoms with van der Waals surface area (Å²) in [6.45, 7) is 0. The molecule has 6 nitrogen and oxygen atoms in total. The van der Waals surface area contributed by atoms with Gasteiger partial charge in [0.25, 0.3) is 0 Å². The molecule has 0 spiro atoms. The zero-order valence-electron chi connectivity index (χ0n) is 8.82. The highest BCUT2D eigenvalue weighted by atomic mass is 31.2. The van der Waals surface area contributed by atoms with E-state index < -0.39 is 13.0 Å². The van der Waals surface area contributed by atoms with Gasteiger partial charge in [0.05, 0.1) is 7.11 Å². The molecule has 0 amide bonds. The molecular weight excluding hydrogens is 233 g/mol. The number of methoxy groups -OCH3 is 1. The SMILES string of the molecule is COc1ccc(/C(=N\O)P(=O)(O)OC)cc1. The highest BCUT2D eigenvalue weighted by Gasteiger charge is 2.28. The molecular formula is C9H12NO5P. The van der Waals surface area contributed by atoms with Crippen molar-refractivity contribution in [2.24, 2.45) is 5.16 Å². The van der Waals surface area contributed by atoms with Crippen LogP contribution in [0.25, 0.3) is 0 Å². The van der Waals surface area contributed by atoms with Gasteiger partial charge >= 0.3 is 7.60 Å². The highest BCUT2D eigenvalue weighted by molar-refractivity contribution is 7.72. The number of benzene rings is 1. The third kappa shape index (κ3) is 2.61. The van der Waals surface area contributed by atoms with Crippen molar-refractivity contribution in [1.82, 2.24) is 0 Å². The normalized spacial score (nSPS) is 15.6. The minimum atomic E-state index is -4.07. The summed E-state index contributed by atoms with van der Waals surface area (Å²) in [5, 5.41) is 11.5. The predicted molar refractivity (Wildman–Crippen MR) is 58.2 cm³/mol. The van der Waals surface area contributed by atoms with Crippen LogP contribution in [-0.4, -0.2) is 29.8 Å². The summed E-state index contributed by atoms with van der Waals surface area (Å²) in [5.41, 5.74) is -0.117. The molecule has 1 rings (SSSR count). The first-order chi connectivity index (χ1) is 7.55. The van der Waals surface area contributed by atoms with E-state index in [4.69, 9.17) is 9.94 Å². The van der Waals surface area contributed by atoms with Gasteiger partial charge in [0, 0.05) is 12.7 Å². The molecule has 0 aliphatic carbocycles. The Hall–Kier alpha value is -1.36. The zero-order chi connectivity index (χ0) is 12.2. The average molecular weight is 245 g/mol. The van der Waals surface area contributed by atoms with Crippen LogP contribution in [0, 0.1) is 0 Å². The third-order valence-corrected chi connectivity index (χ3v) is 3.34. The fourth-order valence-electron chi connectivity index (χ4n) is 1.10. The van der Waals surface area contributed by atoms with Crippen LogP contribution in [0.1, 0.15) is 5.56 Å². The Morgan fingerprint density at radius 3 is 2.25 bits per heavy atom. The summed E-state index contributed by atoms with van der Waals surface area (Å²) < 4.78 is 20.8. The van der Waals surface area contributed by atoms with Gasteiger partial charge in [-0.1, -0.05) is 5.16 Å². The lowest BCUT2D eigenvalue weighted by atomic mass is 10.2. The zero-order valence-corrected chi connectivity index (χ0v) is 9.72. The molecule has 2 N–H and O–H groups in total. The molecule has 16 heavy (non-hydrogen) atoms. The molecule has 0 saturated carbocycles. The fraction of sp³-hybridized carbons (Fsp3) is 0.222. The summed E-state index contributed by atoms with van der Waals surface area (Å²) in [6, 6.07) is 6.15. The van der Waals surface area contributed by atoms with Gasteiger partial charge in [-0.2, -0.15) is 0 Å². The van der Waals surface area contributed by atoms with Crippen molar-refractivity contribution in [2.45, 2.75) is 0 Å². The van der Waals surface area contributed by atoms with E-state index in [1.807, 2.05) is 0 Å². The summed E-state index contributed by atoms with van der Waals surface area (Å²) >= 11 is 0. The quantitative estimate of drug-likeness (QED) is 0.364. The van der Waals surface area contributed by atoms with E-state index >= 15 is 0 Å². The number of rotatable bonds is 4. The number of hydrogen-bond donors (Lipinski definition) is 2. The van der Waals surface area contributed by atoms with E-state index in [-0.39, 0.29) is 5.56 Å². The average Bonchev–Trinajstić information content (AvgIpc) is 2.30. The van der Waals surface area contributed by atoms with Crippen molar-refractivity contribution in [3.05, 3.63) is 29.8 Å². The molecule has 88 valence electrons. The minimum absolute atomic E-state index is 0.288. The summed E-state index contributed by atoms with van der Waals surface area (Å²) in [5.74, 6) is 0.589. The summed E-state index contributed by atoms with van der Waals surface area (Å²) in [6.07, 6.45) is 0. The molecule has 0 heterocycles. The maximum atomic E-state index is 11.5. The van der Waals surface area contributed by atoms with Crippen molar-refractivity contribution in [3.8, 4) is 5.75 Å². The van der Waals surface area contributed by atoms with Gasteiger partial charge < -0.3 is 19.4 Å². The van der Waals surface area contributed by atoms with Crippen LogP contribution in [0.15, 0.2) is 29.4 Å². The standard InChI is InChI=1S/C9H12NO5P/c1-14-8-5-3-7(4-6-8)9(10-11)16(12,13)15-2/h3-6,11H,1-2H3,(H,12,13)/b10-9+. The minimum Gasteiger partial charge on any atom is -0.497 e. The summed E-state index contributed by atoms with van der Waals surface area (Å²) in [4.78, 5) is 9.37. The lowest BCUT2D eigenvalue weighted by Crippen LogP contribution is -2.03. The van der Waals surface area contributed by atoms with Crippen LogP contribution >= 0.6 is 7.60 Å². The van der Waals surface area contributed by atoms with Gasteiger partial charge in [-0.3, -0.25) is 4.57 Å². The molecule has 0 fully saturated rings. The number of hydrogen-bond acceptors (Lipinski definition) is 5. The molecule has 0 aliphatic heterocycles. The van der Waals surface area contributed by atoms with Gasteiger partial charge in [0.1, 0.15) is 5.75 Å². The number of oxime groups is 1. The smallest absolute Gasteiger partial charge is 0.380 e. The van der Waals surface area contributed by atoms with Crippen molar-refractivity contribution >= 4 is 13.0 Å². The Kier molecular flexibility index (Phi) is 4.06. The second kappa shape index (κ2) is 5.12. The lowest BCUT2D eigenvalue weighted by molar-refractivity contribution is 0.309. The van der Waals surface area contributed by atoms with Crippen molar-refractivity contribution in [1.29, 1.82) is 0 Å². The van der Waals surface area contributed by atoms with E-state index in [0.29, 0.717) is 5.75 Å². The lowest BCUT2D eigenvalue weighted by Gasteiger charge is -2.10. The molecule has 1 atom stereocenters. The van der Waals surface area contributed by atoms with Crippen LogP contribution in [0.2, 0.25) is 0 Å². The van der Waals surface area contributed by atoms with Crippen LogP contribution in [0.3, 0.4) is 0 Å². The van der Waals surface area contributed by atoms with E-state index in [2.05, 4.69) is 9.68 Å². The van der Waals surface area contributed by atoms with E-state index in [1.165, 1.54) is 19.2 Å². The Bertz CT molecular complexity index is 428. The molecule has 0 aliphatic rings. The van der Waals surface area contributed by atoms with Crippen LogP contribution in [-0.2, 0) is 9.09 Å². The Morgan fingerprint density at radius 2 is 1.88 bits per heavy atom. The number of nitrogens with zero attached hydrogens (tertiary/aromatic N) is 1. The van der Waals surface area contributed by atoms with Gasteiger partial charge in [0.15, 0.2) is 5.45 Å². The molecule has 1 aromatic carbocycles. The van der Waals surface area contributed by atoms with Crippen LogP contribution < -0.4 is 4.74 Å². The van der Waals surface area contributed by atoms with Crippen molar-refractivity contribution < 1.29 is 23.9 Å². The predicted octanol–water partition coefficient (Wildman–Crippen LogP) is 1.66. The first kappa shape index (κ1) is 12.7. The molecule has 0 bridgehead atoms. The molecule has 0 radical (unpaired) electrons. The second-order valence-electron chi connectivity index (χ2n) is 2.86. The Labute approximate surface area is 92.7 Å². The molecule has 0 saturated heterocycles. The third-order valence-electron chi connectivity index (χ3n) is 1.96. The molecule has 7 heteroatoms. The maximum absolute atomic E-state index is 11.5.